The van der Waals surface area contributed by atoms with E-state index < -0.39 is 0 Å². The van der Waals surface area contributed by atoms with E-state index in [1.807, 2.05) is 34.8 Å². The van der Waals surface area contributed by atoms with Gasteiger partial charge in [-0.2, -0.15) is 0 Å². The molecular weight excluding hydrogens is 587 g/mol. The highest BCUT2D eigenvalue weighted by Gasteiger charge is 2.23. The number of rotatable bonds is 3. The molecule has 4 aromatic heterocycles. The third-order valence-corrected chi connectivity index (χ3v) is 11.2. The highest BCUT2D eigenvalue weighted by atomic mass is 32.1. The average Bonchev–Trinajstić information content (AvgIpc) is 3.78. The van der Waals surface area contributed by atoms with Crippen molar-refractivity contribution in [2.24, 2.45) is 0 Å². The van der Waals surface area contributed by atoms with E-state index in [0.717, 1.165) is 33.5 Å². The van der Waals surface area contributed by atoms with Crippen LogP contribution in [0, 0.1) is 0 Å². The Bertz CT molecular complexity index is 2570. The summed E-state index contributed by atoms with van der Waals surface area (Å²) in [5.74, 6) is 0.677. The van der Waals surface area contributed by atoms with Gasteiger partial charge in [0.1, 0.15) is 0 Å². The molecule has 0 fully saturated rings. The van der Waals surface area contributed by atoms with Crippen LogP contribution in [0.4, 0.5) is 0 Å². The van der Waals surface area contributed by atoms with E-state index >= 15 is 0 Å². The molecule has 0 aliphatic carbocycles. The molecule has 6 aromatic carbocycles. The number of benzene rings is 6. The second-order valence-electron chi connectivity index (χ2n) is 11.4. The van der Waals surface area contributed by atoms with Crippen molar-refractivity contribution in [1.29, 1.82) is 0 Å². The van der Waals surface area contributed by atoms with Crippen LogP contribution >= 0.6 is 22.7 Å². The third kappa shape index (κ3) is 3.69. The van der Waals surface area contributed by atoms with E-state index in [-0.39, 0.29) is 0 Å². The van der Waals surface area contributed by atoms with Crippen LogP contribution in [0.3, 0.4) is 0 Å². The summed E-state index contributed by atoms with van der Waals surface area (Å²) in [7, 11) is 0. The summed E-state index contributed by atoms with van der Waals surface area (Å²) < 4.78 is 7.52. The van der Waals surface area contributed by atoms with Crippen LogP contribution < -0.4 is 0 Å². The molecular formula is C40H23N3S2. The average molecular weight is 610 g/mol. The van der Waals surface area contributed by atoms with Gasteiger partial charge >= 0.3 is 0 Å². The fraction of sp³-hybridized carbons (Fsp3) is 0. The maximum Gasteiger partial charge on any atom is 0.235 e. The van der Waals surface area contributed by atoms with Crippen LogP contribution in [-0.4, -0.2) is 14.5 Å². The lowest BCUT2D eigenvalue weighted by Crippen LogP contribution is -2.03. The fourth-order valence-corrected chi connectivity index (χ4v) is 9.31. The minimum Gasteiger partial charge on any atom is -0.278 e. The number of fused-ring (bicyclic) bond motifs is 11. The number of thiophene rings is 2. The minimum atomic E-state index is 0.677. The van der Waals surface area contributed by atoms with Crippen molar-refractivity contribution in [3.63, 3.8) is 0 Å². The molecule has 0 unspecified atom stereocenters. The lowest BCUT2D eigenvalue weighted by Gasteiger charge is -2.12. The molecule has 0 N–H and O–H groups in total. The van der Waals surface area contributed by atoms with Crippen LogP contribution in [0.2, 0.25) is 0 Å². The highest BCUT2D eigenvalue weighted by molar-refractivity contribution is 7.28. The van der Waals surface area contributed by atoms with E-state index in [4.69, 9.17) is 9.97 Å². The predicted molar refractivity (Wildman–Crippen MR) is 193 cm³/mol. The third-order valence-electron chi connectivity index (χ3n) is 8.84. The molecule has 4 heterocycles. The largest absolute Gasteiger partial charge is 0.278 e. The Morgan fingerprint density at radius 1 is 0.422 bits per heavy atom. The molecule has 0 aliphatic heterocycles. The predicted octanol–water partition coefficient (Wildman–Crippen LogP) is 11.6. The second-order valence-corrected chi connectivity index (χ2v) is 13.5. The number of hydrogen-bond donors (Lipinski definition) is 0. The molecule has 0 saturated heterocycles. The lowest BCUT2D eigenvalue weighted by molar-refractivity contribution is 0.996. The topological polar surface area (TPSA) is 30.7 Å². The molecule has 0 saturated carbocycles. The highest BCUT2D eigenvalue weighted by Crippen LogP contribution is 2.47. The first-order chi connectivity index (χ1) is 22.3. The molecule has 0 atom stereocenters. The van der Waals surface area contributed by atoms with Gasteiger partial charge in [0.25, 0.3) is 0 Å². The molecule has 0 aliphatic rings. The Morgan fingerprint density at radius 2 is 0.867 bits per heavy atom. The zero-order chi connectivity index (χ0) is 29.5. The normalized spacial score (nSPS) is 12.0. The van der Waals surface area contributed by atoms with Crippen molar-refractivity contribution in [1.82, 2.24) is 14.5 Å². The molecule has 0 spiro atoms. The summed E-state index contributed by atoms with van der Waals surface area (Å²) in [6.45, 7) is 0. The molecule has 3 nitrogen and oxygen atoms in total. The van der Waals surface area contributed by atoms with Gasteiger partial charge in [-0.05, 0) is 30.3 Å². The zero-order valence-corrected chi connectivity index (χ0v) is 25.6. The summed E-state index contributed by atoms with van der Waals surface area (Å²) in [5, 5.41) is 7.75. The van der Waals surface area contributed by atoms with Crippen molar-refractivity contribution in [2.45, 2.75) is 0 Å². The van der Waals surface area contributed by atoms with E-state index in [2.05, 4.69) is 132 Å². The van der Waals surface area contributed by atoms with Crippen LogP contribution in [0.1, 0.15) is 0 Å². The van der Waals surface area contributed by atoms with Gasteiger partial charge in [-0.25, -0.2) is 9.97 Å². The maximum atomic E-state index is 5.28. The van der Waals surface area contributed by atoms with Gasteiger partial charge in [-0.1, -0.05) is 109 Å². The van der Waals surface area contributed by atoms with Crippen LogP contribution in [-0.2, 0) is 0 Å². The van der Waals surface area contributed by atoms with Crippen molar-refractivity contribution in [3.05, 3.63) is 140 Å². The quantitative estimate of drug-likeness (QED) is 0.199. The molecule has 5 heteroatoms. The van der Waals surface area contributed by atoms with Gasteiger partial charge in [-0.15, -0.1) is 22.7 Å². The minimum absolute atomic E-state index is 0.677. The van der Waals surface area contributed by atoms with E-state index in [0.29, 0.717) is 5.95 Å². The first-order valence-electron chi connectivity index (χ1n) is 15.0. The van der Waals surface area contributed by atoms with Gasteiger partial charge in [0.05, 0.1) is 22.4 Å². The Kier molecular flexibility index (Phi) is 5.32. The van der Waals surface area contributed by atoms with E-state index in [1.165, 1.54) is 51.1 Å². The Morgan fingerprint density at radius 3 is 1.36 bits per heavy atom. The van der Waals surface area contributed by atoms with E-state index in [9.17, 15) is 0 Å². The summed E-state index contributed by atoms with van der Waals surface area (Å²) in [4.78, 5) is 10.6. The van der Waals surface area contributed by atoms with Crippen LogP contribution in [0.15, 0.2) is 140 Å². The standard InChI is InChI=1S/C40H23N3S2/c1-3-11-24(12-4-1)30-23-31(25-13-5-2-6-14-25)42-40(41-30)43-32-21-19-28-26-15-7-9-17-34(26)44-38(28)36(32)37-33(43)22-20-29-27-16-8-10-18-35(27)45-39(29)37/h1-23H. The molecule has 45 heavy (non-hydrogen) atoms. The lowest BCUT2D eigenvalue weighted by atomic mass is 10.1. The Hall–Kier alpha value is -5.36. The first kappa shape index (κ1) is 25.0. The molecule has 10 rings (SSSR count). The van der Waals surface area contributed by atoms with Crippen LogP contribution in [0.25, 0.3) is 90.6 Å². The molecule has 0 amide bonds. The molecule has 0 bridgehead atoms. The summed E-state index contributed by atoms with van der Waals surface area (Å²) >= 11 is 3.76. The van der Waals surface area contributed by atoms with Gasteiger partial charge in [0.2, 0.25) is 5.95 Å². The number of nitrogens with zero attached hydrogens (tertiary/aromatic N) is 3. The molecule has 0 radical (unpaired) electrons. The number of hydrogen-bond acceptors (Lipinski definition) is 4. The van der Waals surface area contributed by atoms with Crippen LogP contribution in [0.5, 0.6) is 0 Å². The van der Waals surface area contributed by atoms with Gasteiger partial charge in [0.15, 0.2) is 0 Å². The first-order valence-corrected chi connectivity index (χ1v) is 16.6. The van der Waals surface area contributed by atoms with Crippen molar-refractivity contribution in [2.75, 3.05) is 0 Å². The van der Waals surface area contributed by atoms with Crippen molar-refractivity contribution in [3.8, 4) is 28.5 Å². The molecule has 210 valence electrons. The van der Waals surface area contributed by atoms with Gasteiger partial charge in [-0.3, -0.25) is 4.57 Å². The van der Waals surface area contributed by atoms with Crippen molar-refractivity contribution < 1.29 is 0 Å². The zero-order valence-electron chi connectivity index (χ0n) is 23.9. The summed E-state index contributed by atoms with van der Waals surface area (Å²) in [6, 6.07) is 49.6. The summed E-state index contributed by atoms with van der Waals surface area (Å²) in [6.07, 6.45) is 0. The Labute approximate surface area is 266 Å². The Balaban J connectivity index is 1.39. The monoisotopic (exact) mass is 609 g/mol. The van der Waals surface area contributed by atoms with E-state index in [1.54, 1.807) is 0 Å². The molecule has 10 aromatic rings. The second kappa shape index (κ2) is 9.57. The smallest absolute Gasteiger partial charge is 0.235 e. The van der Waals surface area contributed by atoms with Crippen molar-refractivity contribution >= 4 is 84.8 Å². The SMILES string of the molecule is c1ccc(-c2cc(-c3ccccc3)nc(-n3c4ccc5c6ccccc6sc5c4c4c5sc6ccccc6c5ccc43)n2)cc1. The van der Waals surface area contributed by atoms with Gasteiger partial charge < -0.3 is 0 Å². The fourth-order valence-electron chi connectivity index (χ4n) is 6.81. The number of aromatic nitrogens is 3. The summed E-state index contributed by atoms with van der Waals surface area (Å²) in [5.41, 5.74) is 6.19. The maximum absolute atomic E-state index is 5.28. The van der Waals surface area contributed by atoms with Gasteiger partial charge in [0, 0.05) is 62.2 Å².